The molecule has 0 heterocycles. The average molecular weight is 326 g/mol. The smallest absolute Gasteiger partial charge is 0.317 e. The number of carbonyl (C=O) groups excluding carboxylic acids is 3. The van der Waals surface area contributed by atoms with Crippen LogP contribution in [0.25, 0.3) is 0 Å². The molecule has 0 saturated carbocycles. The summed E-state index contributed by atoms with van der Waals surface area (Å²) in [7, 11) is 0. The van der Waals surface area contributed by atoms with Crippen molar-refractivity contribution in [3.63, 3.8) is 0 Å². The Labute approximate surface area is 141 Å². The Morgan fingerprint density at radius 2 is 1.35 bits per heavy atom. The second-order valence-corrected chi connectivity index (χ2v) is 6.38. The SMILES string of the molecule is CCCCCCCCCC(C(C)=O)C(C(C)=O)C(=O)OCCC. The lowest BCUT2D eigenvalue weighted by Gasteiger charge is -2.21. The van der Waals surface area contributed by atoms with Crippen molar-refractivity contribution in [1.82, 2.24) is 0 Å². The maximum atomic E-state index is 12.1. The minimum Gasteiger partial charge on any atom is -0.465 e. The van der Waals surface area contributed by atoms with Gasteiger partial charge in [-0.2, -0.15) is 0 Å². The van der Waals surface area contributed by atoms with E-state index in [1.807, 2.05) is 6.92 Å². The summed E-state index contributed by atoms with van der Waals surface area (Å²) in [6, 6.07) is 0. The van der Waals surface area contributed by atoms with Crippen LogP contribution in [0.3, 0.4) is 0 Å². The molecule has 0 aliphatic rings. The fourth-order valence-corrected chi connectivity index (χ4v) is 2.83. The van der Waals surface area contributed by atoms with Crippen molar-refractivity contribution in [3.8, 4) is 0 Å². The zero-order valence-electron chi connectivity index (χ0n) is 15.4. The topological polar surface area (TPSA) is 60.4 Å². The third-order valence-corrected chi connectivity index (χ3v) is 4.18. The number of hydrogen-bond donors (Lipinski definition) is 0. The van der Waals surface area contributed by atoms with Gasteiger partial charge in [0.05, 0.1) is 6.61 Å². The van der Waals surface area contributed by atoms with E-state index in [0.29, 0.717) is 19.4 Å². The van der Waals surface area contributed by atoms with E-state index in [1.54, 1.807) is 0 Å². The average Bonchev–Trinajstić information content (AvgIpc) is 2.49. The van der Waals surface area contributed by atoms with Crippen LogP contribution in [0.4, 0.5) is 0 Å². The number of unbranched alkanes of at least 4 members (excludes halogenated alkanes) is 6. The molecule has 0 radical (unpaired) electrons. The van der Waals surface area contributed by atoms with Gasteiger partial charge in [0.25, 0.3) is 0 Å². The fourth-order valence-electron chi connectivity index (χ4n) is 2.83. The molecule has 0 fully saturated rings. The van der Waals surface area contributed by atoms with Gasteiger partial charge in [-0.15, -0.1) is 0 Å². The molecular weight excluding hydrogens is 292 g/mol. The molecule has 4 nitrogen and oxygen atoms in total. The fraction of sp³-hybridized carbons (Fsp3) is 0.842. The molecule has 0 aliphatic carbocycles. The van der Waals surface area contributed by atoms with Crippen LogP contribution in [0, 0.1) is 11.8 Å². The first-order valence-corrected chi connectivity index (χ1v) is 9.13. The minimum atomic E-state index is -0.931. The molecule has 0 aromatic rings. The summed E-state index contributed by atoms with van der Waals surface area (Å²) >= 11 is 0. The first-order chi connectivity index (χ1) is 11.0. The van der Waals surface area contributed by atoms with Crippen molar-refractivity contribution in [2.24, 2.45) is 11.8 Å². The van der Waals surface area contributed by atoms with Crippen molar-refractivity contribution in [2.45, 2.75) is 85.5 Å². The van der Waals surface area contributed by atoms with E-state index >= 15 is 0 Å². The lowest BCUT2D eigenvalue weighted by atomic mass is 9.82. The number of rotatable bonds is 14. The van der Waals surface area contributed by atoms with Crippen molar-refractivity contribution >= 4 is 17.5 Å². The largest absolute Gasteiger partial charge is 0.465 e. The Kier molecular flexibility index (Phi) is 12.6. The highest BCUT2D eigenvalue weighted by Gasteiger charge is 2.36. The molecule has 0 rings (SSSR count). The highest BCUT2D eigenvalue weighted by Crippen LogP contribution is 2.23. The normalized spacial score (nSPS) is 13.4. The van der Waals surface area contributed by atoms with Gasteiger partial charge in [-0.3, -0.25) is 14.4 Å². The third-order valence-electron chi connectivity index (χ3n) is 4.18. The second-order valence-electron chi connectivity index (χ2n) is 6.38. The van der Waals surface area contributed by atoms with Crippen molar-refractivity contribution in [3.05, 3.63) is 0 Å². The predicted octanol–water partition coefficient (Wildman–Crippen LogP) is 4.49. The molecule has 0 N–H and O–H groups in total. The first kappa shape index (κ1) is 21.8. The Morgan fingerprint density at radius 1 is 0.783 bits per heavy atom. The molecule has 0 spiro atoms. The third kappa shape index (κ3) is 9.52. The predicted molar refractivity (Wildman–Crippen MR) is 92.2 cm³/mol. The Morgan fingerprint density at radius 3 is 1.83 bits per heavy atom. The lowest BCUT2D eigenvalue weighted by Crippen LogP contribution is -2.35. The molecule has 0 bridgehead atoms. The summed E-state index contributed by atoms with van der Waals surface area (Å²) < 4.78 is 5.11. The van der Waals surface area contributed by atoms with Crippen molar-refractivity contribution < 1.29 is 19.1 Å². The van der Waals surface area contributed by atoms with E-state index in [-0.39, 0.29) is 11.6 Å². The van der Waals surface area contributed by atoms with Crippen LogP contribution in [-0.2, 0) is 19.1 Å². The van der Waals surface area contributed by atoms with Gasteiger partial charge in [-0.1, -0.05) is 58.8 Å². The number of esters is 1. The number of ketones is 2. The Hall–Kier alpha value is -1.19. The molecule has 0 amide bonds. The van der Waals surface area contributed by atoms with E-state index in [1.165, 1.54) is 39.5 Å². The van der Waals surface area contributed by atoms with Crippen LogP contribution in [0.1, 0.15) is 85.5 Å². The van der Waals surface area contributed by atoms with Gasteiger partial charge in [-0.25, -0.2) is 0 Å². The summed E-state index contributed by atoms with van der Waals surface area (Å²) in [6.45, 7) is 7.23. The molecule has 23 heavy (non-hydrogen) atoms. The van der Waals surface area contributed by atoms with Crippen LogP contribution >= 0.6 is 0 Å². The summed E-state index contributed by atoms with van der Waals surface area (Å²) in [5, 5.41) is 0. The molecule has 0 aromatic carbocycles. The Balaban J connectivity index is 4.45. The molecular formula is C19H34O4. The molecule has 0 aliphatic heterocycles. The molecule has 0 saturated heterocycles. The van der Waals surface area contributed by atoms with Gasteiger partial charge in [0.1, 0.15) is 17.5 Å². The van der Waals surface area contributed by atoms with Gasteiger partial charge in [0, 0.05) is 5.92 Å². The zero-order chi connectivity index (χ0) is 17.7. The maximum Gasteiger partial charge on any atom is 0.317 e. The van der Waals surface area contributed by atoms with Crippen molar-refractivity contribution in [1.29, 1.82) is 0 Å². The Bertz CT molecular complexity index is 362. The van der Waals surface area contributed by atoms with E-state index in [2.05, 4.69) is 6.92 Å². The summed E-state index contributed by atoms with van der Waals surface area (Å²) in [5.41, 5.74) is 0. The lowest BCUT2D eigenvalue weighted by molar-refractivity contribution is -0.156. The molecule has 2 atom stereocenters. The summed E-state index contributed by atoms with van der Waals surface area (Å²) in [4.78, 5) is 35.9. The standard InChI is InChI=1S/C19H34O4/c1-5-7-8-9-10-11-12-13-17(15(3)20)18(16(4)21)19(22)23-14-6-2/h17-18H,5-14H2,1-4H3. The highest BCUT2D eigenvalue weighted by atomic mass is 16.5. The maximum absolute atomic E-state index is 12.1. The molecule has 4 heteroatoms. The van der Waals surface area contributed by atoms with Gasteiger partial charge in [-0.05, 0) is 26.7 Å². The number of carbonyl (C=O) groups is 3. The number of ether oxygens (including phenoxy) is 1. The van der Waals surface area contributed by atoms with Crippen LogP contribution < -0.4 is 0 Å². The van der Waals surface area contributed by atoms with Crippen LogP contribution in [0.2, 0.25) is 0 Å². The van der Waals surface area contributed by atoms with Gasteiger partial charge in [0.15, 0.2) is 0 Å². The molecule has 2 unspecified atom stereocenters. The highest BCUT2D eigenvalue weighted by molar-refractivity contribution is 6.02. The minimum absolute atomic E-state index is 0.0929. The van der Waals surface area contributed by atoms with E-state index in [9.17, 15) is 14.4 Å². The second kappa shape index (κ2) is 13.3. The summed E-state index contributed by atoms with van der Waals surface area (Å²) in [5.74, 6) is -2.37. The number of hydrogen-bond acceptors (Lipinski definition) is 4. The van der Waals surface area contributed by atoms with Gasteiger partial charge < -0.3 is 4.74 Å². The summed E-state index contributed by atoms with van der Waals surface area (Å²) in [6.07, 6.45) is 9.34. The van der Waals surface area contributed by atoms with Crippen molar-refractivity contribution in [2.75, 3.05) is 6.61 Å². The first-order valence-electron chi connectivity index (χ1n) is 9.13. The number of Topliss-reactive ketones (excluding diaryl/α,β-unsaturated/α-hetero) is 2. The van der Waals surface area contributed by atoms with Gasteiger partial charge >= 0.3 is 5.97 Å². The molecule has 0 aromatic heterocycles. The molecule has 134 valence electrons. The monoisotopic (exact) mass is 326 g/mol. The zero-order valence-corrected chi connectivity index (χ0v) is 15.4. The van der Waals surface area contributed by atoms with Crippen LogP contribution in [0.5, 0.6) is 0 Å². The quantitative estimate of drug-likeness (QED) is 0.268. The van der Waals surface area contributed by atoms with E-state index in [4.69, 9.17) is 4.74 Å². The van der Waals surface area contributed by atoms with Crippen LogP contribution in [0.15, 0.2) is 0 Å². The van der Waals surface area contributed by atoms with E-state index < -0.39 is 17.8 Å². The van der Waals surface area contributed by atoms with Gasteiger partial charge in [0.2, 0.25) is 0 Å². The van der Waals surface area contributed by atoms with E-state index in [0.717, 1.165) is 19.3 Å². The van der Waals surface area contributed by atoms with Crippen LogP contribution in [-0.4, -0.2) is 24.1 Å².